The number of rotatable bonds is 5. The number of anilines is 1. The van der Waals surface area contributed by atoms with Gasteiger partial charge in [-0.2, -0.15) is 0 Å². The molecule has 8 heteroatoms. The average molecular weight is 363 g/mol. The molecule has 0 aliphatic carbocycles. The number of para-hydroxylation sites is 2. The molecule has 0 spiro atoms. The van der Waals surface area contributed by atoms with E-state index in [1.807, 2.05) is 28.8 Å². The summed E-state index contributed by atoms with van der Waals surface area (Å²) in [5.74, 6) is -0.0159. The molecule has 1 aromatic carbocycles. The lowest BCUT2D eigenvalue weighted by atomic mass is 10.3. The van der Waals surface area contributed by atoms with E-state index in [9.17, 15) is 14.4 Å². The molecule has 0 bridgehead atoms. The summed E-state index contributed by atoms with van der Waals surface area (Å²) in [4.78, 5) is 45.0. The molecule has 136 valence electrons. The van der Waals surface area contributed by atoms with Crippen LogP contribution in [-0.4, -0.2) is 43.7 Å². The van der Waals surface area contributed by atoms with Crippen LogP contribution in [0.4, 0.5) is 5.69 Å². The van der Waals surface area contributed by atoms with E-state index in [0.717, 1.165) is 15.9 Å². The summed E-state index contributed by atoms with van der Waals surface area (Å²) >= 11 is 0. The first kappa shape index (κ1) is 16.9. The fraction of sp³-hybridized carbons (Fsp3) is 0.211. The van der Waals surface area contributed by atoms with Gasteiger partial charge in [-0.25, -0.2) is 9.97 Å². The number of fused-ring (bicyclic) bond motifs is 1. The highest BCUT2D eigenvalue weighted by molar-refractivity contribution is 6.02. The van der Waals surface area contributed by atoms with Gasteiger partial charge in [0.05, 0.1) is 22.9 Å². The first-order valence-electron chi connectivity index (χ1n) is 8.63. The third-order valence-corrected chi connectivity index (χ3v) is 4.45. The summed E-state index contributed by atoms with van der Waals surface area (Å²) in [6, 6.07) is 11.3. The smallest absolute Gasteiger partial charge is 0.229 e. The van der Waals surface area contributed by atoms with Gasteiger partial charge >= 0.3 is 0 Å². The lowest BCUT2D eigenvalue weighted by molar-refractivity contribution is -0.138. The minimum atomic E-state index is -0.273. The normalized spacial score (nSPS) is 14.1. The first-order chi connectivity index (χ1) is 13.1. The summed E-state index contributed by atoms with van der Waals surface area (Å²) in [5.41, 5.74) is 2.37. The molecular weight excluding hydrogens is 346 g/mol. The van der Waals surface area contributed by atoms with Crippen LogP contribution in [0.2, 0.25) is 0 Å². The van der Waals surface area contributed by atoms with Gasteiger partial charge in [0.15, 0.2) is 0 Å². The molecule has 3 amide bonds. The van der Waals surface area contributed by atoms with Crippen LogP contribution >= 0.6 is 0 Å². The van der Waals surface area contributed by atoms with Crippen molar-refractivity contribution in [3.63, 3.8) is 0 Å². The SMILES string of the molecule is O=C(CCN1C(=O)CCC1=O)Nc1ccc(-n2cnc3ccccc32)nc1. The van der Waals surface area contributed by atoms with E-state index in [-0.39, 0.29) is 43.5 Å². The van der Waals surface area contributed by atoms with Crippen molar-refractivity contribution >= 4 is 34.4 Å². The number of likely N-dealkylation sites (tertiary alicyclic amines) is 1. The number of imide groups is 1. The number of amides is 3. The number of benzene rings is 1. The van der Waals surface area contributed by atoms with Crippen LogP contribution in [0, 0.1) is 0 Å². The van der Waals surface area contributed by atoms with Crippen molar-refractivity contribution in [3.05, 3.63) is 48.9 Å². The molecule has 1 aliphatic heterocycles. The van der Waals surface area contributed by atoms with Gasteiger partial charge in [0.1, 0.15) is 12.1 Å². The molecule has 3 heterocycles. The van der Waals surface area contributed by atoms with Gasteiger partial charge in [0, 0.05) is 25.8 Å². The molecule has 0 unspecified atom stereocenters. The minimum absolute atomic E-state index is 0.0609. The van der Waals surface area contributed by atoms with Crippen molar-refractivity contribution in [2.24, 2.45) is 0 Å². The van der Waals surface area contributed by atoms with E-state index in [2.05, 4.69) is 15.3 Å². The highest BCUT2D eigenvalue weighted by atomic mass is 16.2. The zero-order chi connectivity index (χ0) is 18.8. The molecule has 1 N–H and O–H groups in total. The van der Waals surface area contributed by atoms with Gasteiger partial charge in [0.25, 0.3) is 0 Å². The summed E-state index contributed by atoms with van der Waals surface area (Å²) in [7, 11) is 0. The molecule has 8 nitrogen and oxygen atoms in total. The van der Waals surface area contributed by atoms with Crippen LogP contribution in [0.25, 0.3) is 16.9 Å². The Hall–Kier alpha value is -3.55. The average Bonchev–Trinajstić information content (AvgIpc) is 3.24. The number of carbonyl (C=O) groups excluding carboxylic acids is 3. The van der Waals surface area contributed by atoms with Crippen LogP contribution in [-0.2, 0) is 14.4 Å². The first-order valence-corrected chi connectivity index (χ1v) is 8.63. The number of aromatic nitrogens is 3. The fourth-order valence-electron chi connectivity index (χ4n) is 3.05. The number of nitrogens with zero attached hydrogens (tertiary/aromatic N) is 4. The molecule has 2 aromatic heterocycles. The predicted octanol–water partition coefficient (Wildman–Crippen LogP) is 1.90. The molecule has 1 fully saturated rings. The second-order valence-electron chi connectivity index (χ2n) is 6.25. The number of imidazole rings is 1. The largest absolute Gasteiger partial charge is 0.325 e. The van der Waals surface area contributed by atoms with Crippen molar-refractivity contribution in [2.75, 3.05) is 11.9 Å². The highest BCUT2D eigenvalue weighted by Crippen LogP contribution is 2.18. The quantitative estimate of drug-likeness (QED) is 0.698. The van der Waals surface area contributed by atoms with E-state index < -0.39 is 0 Å². The zero-order valence-corrected chi connectivity index (χ0v) is 14.5. The van der Waals surface area contributed by atoms with Gasteiger partial charge in [-0.05, 0) is 24.3 Å². The van der Waals surface area contributed by atoms with E-state index in [1.165, 1.54) is 0 Å². The van der Waals surface area contributed by atoms with Gasteiger partial charge in [-0.1, -0.05) is 12.1 Å². The van der Waals surface area contributed by atoms with Crippen LogP contribution < -0.4 is 5.32 Å². The standard InChI is InChI=1S/C19H17N5O3/c25-17(9-10-23-18(26)7-8-19(23)27)22-13-5-6-16(20-11-13)24-12-21-14-3-1-2-4-15(14)24/h1-6,11-12H,7-10H2,(H,22,25). The topological polar surface area (TPSA) is 97.2 Å². The van der Waals surface area contributed by atoms with Crippen molar-refractivity contribution in [2.45, 2.75) is 19.3 Å². The van der Waals surface area contributed by atoms with Gasteiger partial charge in [-0.15, -0.1) is 0 Å². The van der Waals surface area contributed by atoms with Crippen LogP contribution in [0.3, 0.4) is 0 Å². The third-order valence-electron chi connectivity index (χ3n) is 4.45. The maximum atomic E-state index is 12.1. The minimum Gasteiger partial charge on any atom is -0.325 e. The molecule has 3 aromatic rings. The number of pyridine rings is 1. The highest BCUT2D eigenvalue weighted by Gasteiger charge is 2.28. The fourth-order valence-corrected chi connectivity index (χ4v) is 3.05. The second-order valence-corrected chi connectivity index (χ2v) is 6.25. The van der Waals surface area contributed by atoms with Gasteiger partial charge < -0.3 is 5.32 Å². The summed E-state index contributed by atoms with van der Waals surface area (Å²) in [6.45, 7) is 0.107. The van der Waals surface area contributed by atoms with Crippen molar-refractivity contribution in [3.8, 4) is 5.82 Å². The van der Waals surface area contributed by atoms with E-state index in [1.54, 1.807) is 24.7 Å². The molecule has 4 rings (SSSR count). The summed E-state index contributed by atoms with van der Waals surface area (Å²) in [6.07, 6.45) is 3.79. The Kier molecular flexibility index (Phi) is 4.37. The molecule has 1 saturated heterocycles. The Bertz CT molecular complexity index is 1010. The molecule has 0 radical (unpaired) electrons. The van der Waals surface area contributed by atoms with Gasteiger partial charge in [0.2, 0.25) is 17.7 Å². The van der Waals surface area contributed by atoms with Crippen molar-refractivity contribution in [1.29, 1.82) is 0 Å². The molecule has 0 atom stereocenters. The maximum absolute atomic E-state index is 12.1. The van der Waals surface area contributed by atoms with E-state index in [0.29, 0.717) is 11.5 Å². The number of hydrogen-bond donors (Lipinski definition) is 1. The molecule has 27 heavy (non-hydrogen) atoms. The number of hydrogen-bond acceptors (Lipinski definition) is 5. The van der Waals surface area contributed by atoms with Crippen molar-refractivity contribution < 1.29 is 14.4 Å². The van der Waals surface area contributed by atoms with Crippen LogP contribution in [0.15, 0.2) is 48.9 Å². The molecule has 0 saturated carbocycles. The lowest BCUT2D eigenvalue weighted by Gasteiger charge is -2.13. The Morgan fingerprint density at radius 1 is 1.04 bits per heavy atom. The van der Waals surface area contributed by atoms with Crippen molar-refractivity contribution in [1.82, 2.24) is 19.4 Å². The van der Waals surface area contributed by atoms with E-state index >= 15 is 0 Å². The Morgan fingerprint density at radius 3 is 2.56 bits per heavy atom. The van der Waals surface area contributed by atoms with E-state index in [4.69, 9.17) is 0 Å². The Balaban J connectivity index is 1.40. The number of carbonyl (C=O) groups is 3. The lowest BCUT2D eigenvalue weighted by Crippen LogP contribution is -2.32. The third kappa shape index (κ3) is 3.41. The molecular formula is C19H17N5O3. The molecule has 1 aliphatic rings. The summed E-state index contributed by atoms with van der Waals surface area (Å²) < 4.78 is 1.87. The zero-order valence-electron chi connectivity index (χ0n) is 14.5. The Morgan fingerprint density at radius 2 is 1.81 bits per heavy atom. The predicted molar refractivity (Wildman–Crippen MR) is 98.1 cm³/mol. The van der Waals surface area contributed by atoms with Crippen LogP contribution in [0.1, 0.15) is 19.3 Å². The van der Waals surface area contributed by atoms with Gasteiger partial charge in [-0.3, -0.25) is 23.9 Å². The number of nitrogens with one attached hydrogen (secondary N) is 1. The second kappa shape index (κ2) is 6.99. The van der Waals surface area contributed by atoms with Crippen LogP contribution in [0.5, 0.6) is 0 Å². The Labute approximate surface area is 154 Å². The maximum Gasteiger partial charge on any atom is 0.229 e. The monoisotopic (exact) mass is 363 g/mol. The summed E-state index contributed by atoms with van der Waals surface area (Å²) in [5, 5.41) is 2.73.